The summed E-state index contributed by atoms with van der Waals surface area (Å²) < 4.78 is 0. The lowest BCUT2D eigenvalue weighted by atomic mass is 9.59. The van der Waals surface area contributed by atoms with Crippen LogP contribution in [0.15, 0.2) is 191 Å². The molecule has 242 valence electrons. The summed E-state index contributed by atoms with van der Waals surface area (Å²) in [5.74, 6) is 0. The van der Waals surface area contributed by atoms with E-state index in [4.69, 9.17) is 15.2 Å². The van der Waals surface area contributed by atoms with Crippen molar-refractivity contribution in [2.45, 2.75) is 31.0 Å². The van der Waals surface area contributed by atoms with Crippen molar-refractivity contribution >= 4 is 16.6 Å². The van der Waals surface area contributed by atoms with E-state index in [1.807, 2.05) is 24.3 Å². The van der Waals surface area contributed by atoms with Gasteiger partial charge in [0.25, 0.3) is 0 Å². The van der Waals surface area contributed by atoms with Gasteiger partial charge in [-0.3, -0.25) is 4.98 Å². The van der Waals surface area contributed by atoms with E-state index in [1.54, 1.807) is 0 Å². The second kappa shape index (κ2) is 13.3. The van der Waals surface area contributed by atoms with Crippen LogP contribution in [0.25, 0.3) is 22.0 Å². The van der Waals surface area contributed by atoms with Crippen LogP contribution >= 0.6 is 0 Å². The Balaban J connectivity index is 1.24. The maximum Gasteiger partial charge on any atom is 0.238 e. The lowest BCUT2D eigenvalue weighted by molar-refractivity contribution is 0.318. The van der Waals surface area contributed by atoms with Crippen molar-refractivity contribution in [1.82, 2.24) is 4.98 Å². The van der Waals surface area contributed by atoms with Crippen LogP contribution in [-0.4, -0.2) is 4.98 Å². The summed E-state index contributed by atoms with van der Waals surface area (Å²) in [6.07, 6.45) is 0.883. The van der Waals surface area contributed by atoms with Crippen molar-refractivity contribution in [1.29, 1.82) is 0 Å². The van der Waals surface area contributed by atoms with Gasteiger partial charge in [0.1, 0.15) is 0 Å². The first-order chi connectivity index (χ1) is 24.7. The molecule has 0 amide bonds. The molecular weight excluding hydrogens is 613 g/mol. The molecule has 0 atom stereocenters. The zero-order valence-electron chi connectivity index (χ0n) is 27.8. The van der Waals surface area contributed by atoms with Gasteiger partial charge in [-0.2, -0.15) is 0 Å². The van der Waals surface area contributed by atoms with Crippen LogP contribution in [0.2, 0.25) is 0 Å². The number of anilines is 1. The number of para-hydroxylation sites is 1. The first-order valence-electron chi connectivity index (χ1n) is 17.0. The van der Waals surface area contributed by atoms with Crippen LogP contribution in [0.4, 0.5) is 5.69 Å². The predicted molar refractivity (Wildman–Crippen MR) is 201 cm³/mol. The van der Waals surface area contributed by atoms with Gasteiger partial charge in [0.2, 0.25) is 5.66 Å². The van der Waals surface area contributed by atoms with E-state index in [-0.39, 0.29) is 0 Å². The molecule has 2 heterocycles. The minimum atomic E-state index is -1.24. The third-order valence-electron chi connectivity index (χ3n) is 9.74. The normalized spacial score (nSPS) is 13.5. The Labute approximate surface area is 292 Å². The van der Waals surface area contributed by atoms with Gasteiger partial charge in [-0.15, -0.1) is 10.2 Å². The van der Waals surface area contributed by atoms with Gasteiger partial charge in [0.05, 0.1) is 10.9 Å². The smallest absolute Gasteiger partial charge is 0.238 e. The van der Waals surface area contributed by atoms with Crippen LogP contribution in [0.5, 0.6) is 0 Å². The highest BCUT2D eigenvalue weighted by Crippen LogP contribution is 2.58. The van der Waals surface area contributed by atoms with Crippen molar-refractivity contribution in [3.05, 3.63) is 203 Å². The molecule has 0 fully saturated rings. The van der Waals surface area contributed by atoms with Gasteiger partial charge in [-0.25, -0.2) is 0 Å². The second-order valence-electron chi connectivity index (χ2n) is 12.5. The quantitative estimate of drug-likeness (QED) is 0.150. The predicted octanol–water partition coefficient (Wildman–Crippen LogP) is 11.1. The third kappa shape index (κ3) is 5.26. The average Bonchev–Trinajstić information content (AvgIpc) is 3.70. The highest BCUT2D eigenvalue weighted by molar-refractivity contribution is 5.91. The Morgan fingerprint density at radius 1 is 0.580 bits per heavy atom. The minimum Gasteiger partial charge on any atom is -0.380 e. The fraction of sp³-hybridized carbons (Fsp3) is 0.114. The first kappa shape index (κ1) is 31.0. The van der Waals surface area contributed by atoms with Gasteiger partial charge in [0.15, 0.2) is 0 Å². The van der Waals surface area contributed by atoms with E-state index in [1.165, 1.54) is 5.56 Å². The zero-order chi connectivity index (χ0) is 33.8. The van der Waals surface area contributed by atoms with E-state index in [9.17, 15) is 0 Å². The molecule has 0 spiro atoms. The Hall–Kier alpha value is -6.27. The van der Waals surface area contributed by atoms with Crippen molar-refractivity contribution in [2.24, 2.45) is 20.7 Å². The number of benzene rings is 6. The van der Waals surface area contributed by atoms with Crippen LogP contribution in [0, 0.1) is 0 Å². The molecule has 0 unspecified atom stereocenters. The monoisotopic (exact) mass is 648 g/mol. The van der Waals surface area contributed by atoms with E-state index in [2.05, 4.69) is 168 Å². The van der Waals surface area contributed by atoms with Crippen molar-refractivity contribution in [3.63, 3.8) is 0 Å². The van der Waals surface area contributed by atoms with Gasteiger partial charge in [0, 0.05) is 28.9 Å². The SMILES string of the molecule is CCc1cc(NCc2ccc(-c3ccccc3C3(C(c4ccccc4)(c4ccccc4)c4ccccc4)N=NN=N3)cc2)c2ccccc2n1. The lowest BCUT2D eigenvalue weighted by Crippen LogP contribution is -2.48. The summed E-state index contributed by atoms with van der Waals surface area (Å²) in [6.45, 7) is 2.82. The van der Waals surface area contributed by atoms with Gasteiger partial charge >= 0.3 is 0 Å². The van der Waals surface area contributed by atoms with Crippen molar-refractivity contribution in [2.75, 3.05) is 5.32 Å². The standard InChI is InChI=1S/C44H36N6/c1-2-37-30-42(39-23-13-15-25-41(39)46-37)45-31-32-26-28-33(29-27-32)38-22-12-14-24-40(38)44(47-49-50-48-44)43(34-16-6-3-7-17-34,35-18-8-4-9-19-35)36-20-10-5-11-21-36/h3-30H,2,31H2,1H3,(H,45,46). The van der Waals surface area contributed by atoms with Crippen molar-refractivity contribution < 1.29 is 0 Å². The van der Waals surface area contributed by atoms with Crippen molar-refractivity contribution in [3.8, 4) is 11.1 Å². The Kier molecular flexibility index (Phi) is 8.27. The zero-order valence-corrected chi connectivity index (χ0v) is 27.8. The highest BCUT2D eigenvalue weighted by atomic mass is 15.6. The number of pyridine rings is 1. The summed E-state index contributed by atoms with van der Waals surface area (Å²) in [7, 11) is 0. The molecule has 6 aromatic carbocycles. The highest BCUT2D eigenvalue weighted by Gasteiger charge is 2.60. The Morgan fingerprint density at radius 3 is 1.72 bits per heavy atom. The molecule has 0 radical (unpaired) electrons. The molecular formula is C44H36N6. The Bertz CT molecular complexity index is 2190. The lowest BCUT2D eigenvalue weighted by Gasteiger charge is -2.45. The molecule has 7 aromatic rings. The van der Waals surface area contributed by atoms with Crippen LogP contribution in [-0.2, 0) is 24.0 Å². The molecule has 0 saturated carbocycles. The van der Waals surface area contributed by atoms with E-state index in [0.717, 1.165) is 62.1 Å². The molecule has 0 saturated heterocycles. The molecule has 6 heteroatoms. The number of fused-ring (bicyclic) bond motifs is 1. The fourth-order valence-electron chi connectivity index (χ4n) is 7.41. The Morgan fingerprint density at radius 2 is 1.12 bits per heavy atom. The topological polar surface area (TPSA) is 74.4 Å². The van der Waals surface area contributed by atoms with Crippen LogP contribution in [0.1, 0.15) is 40.4 Å². The molecule has 8 rings (SSSR count). The molecule has 1 N–H and O–H groups in total. The molecule has 0 bridgehead atoms. The van der Waals surface area contributed by atoms with Gasteiger partial charge < -0.3 is 5.32 Å². The molecule has 6 nitrogen and oxygen atoms in total. The van der Waals surface area contributed by atoms with Crippen LogP contribution in [0.3, 0.4) is 0 Å². The molecule has 0 aliphatic carbocycles. The molecule has 50 heavy (non-hydrogen) atoms. The number of hydrogen-bond acceptors (Lipinski definition) is 6. The summed E-state index contributed by atoms with van der Waals surface area (Å²) >= 11 is 0. The number of nitrogens with zero attached hydrogens (tertiary/aromatic N) is 5. The number of nitrogens with one attached hydrogen (secondary N) is 1. The first-order valence-corrected chi connectivity index (χ1v) is 17.0. The molecule has 1 aliphatic heterocycles. The summed E-state index contributed by atoms with van der Waals surface area (Å²) in [5, 5.41) is 23.4. The number of aryl methyl sites for hydroxylation is 1. The van der Waals surface area contributed by atoms with E-state index in [0.29, 0.717) is 6.54 Å². The number of aromatic nitrogens is 1. The fourth-order valence-corrected chi connectivity index (χ4v) is 7.41. The van der Waals surface area contributed by atoms with Crippen LogP contribution < -0.4 is 5.32 Å². The second-order valence-corrected chi connectivity index (χ2v) is 12.5. The summed E-state index contributed by atoms with van der Waals surface area (Å²) in [6, 6.07) is 59.1. The van der Waals surface area contributed by atoms with E-state index >= 15 is 0 Å². The minimum absolute atomic E-state index is 0.685. The number of rotatable bonds is 10. The number of hydrogen-bond donors (Lipinski definition) is 1. The largest absolute Gasteiger partial charge is 0.380 e. The average molecular weight is 649 g/mol. The maximum atomic E-state index is 5.02. The summed E-state index contributed by atoms with van der Waals surface area (Å²) in [4.78, 5) is 4.81. The van der Waals surface area contributed by atoms with Gasteiger partial charge in [-0.1, -0.05) is 165 Å². The van der Waals surface area contributed by atoms with Gasteiger partial charge in [-0.05, 0) is 62.4 Å². The molecule has 1 aliphatic rings. The maximum absolute atomic E-state index is 5.02. The molecule has 1 aromatic heterocycles. The van der Waals surface area contributed by atoms with E-state index < -0.39 is 11.1 Å². The summed E-state index contributed by atoms with van der Waals surface area (Å²) in [5.41, 5.74) is 8.35. The third-order valence-corrected chi connectivity index (χ3v) is 9.74.